The van der Waals surface area contributed by atoms with Crippen molar-refractivity contribution in [2.75, 3.05) is 20.7 Å². The van der Waals surface area contributed by atoms with Crippen molar-refractivity contribution in [1.29, 1.82) is 0 Å². The van der Waals surface area contributed by atoms with E-state index >= 15 is 0 Å². The summed E-state index contributed by atoms with van der Waals surface area (Å²) in [5.74, 6) is -0.905. The number of amides is 1. The number of aliphatic hydroxyl groups is 1. The van der Waals surface area contributed by atoms with E-state index in [1.165, 1.54) is 43.5 Å². The second-order valence-electron chi connectivity index (χ2n) is 9.53. The SMILES string of the molecule is CNC(C)c1cc(-c2ccc(F)c(Cl)c2)nc(C(O)(CNC(=O)c2ccc(OC3CC3)c(OC)c2)C(F)(F)F)c1. The predicted molar refractivity (Wildman–Crippen MR) is 141 cm³/mol. The molecule has 2 aromatic carbocycles. The van der Waals surface area contributed by atoms with Crippen LogP contribution in [0.3, 0.4) is 0 Å². The van der Waals surface area contributed by atoms with Gasteiger partial charge in [0.15, 0.2) is 11.5 Å². The summed E-state index contributed by atoms with van der Waals surface area (Å²) in [6.07, 6.45) is -3.36. The first kappa shape index (κ1) is 29.6. The molecular weight excluding hydrogens is 554 g/mol. The number of alkyl halides is 3. The van der Waals surface area contributed by atoms with Gasteiger partial charge in [0.05, 0.1) is 36.2 Å². The lowest BCUT2D eigenvalue weighted by molar-refractivity contribution is -0.265. The minimum atomic E-state index is -5.23. The second kappa shape index (κ2) is 11.6. The molecular formula is C28H28ClF4N3O4. The van der Waals surface area contributed by atoms with Crippen molar-refractivity contribution in [3.63, 3.8) is 0 Å². The van der Waals surface area contributed by atoms with Crippen LogP contribution < -0.4 is 20.1 Å². The smallest absolute Gasteiger partial charge is 0.424 e. The van der Waals surface area contributed by atoms with Gasteiger partial charge < -0.3 is 25.2 Å². The topological polar surface area (TPSA) is 92.7 Å². The van der Waals surface area contributed by atoms with E-state index in [1.807, 2.05) is 0 Å². The first-order chi connectivity index (χ1) is 18.9. The van der Waals surface area contributed by atoms with Gasteiger partial charge in [-0.15, -0.1) is 0 Å². The summed E-state index contributed by atoms with van der Waals surface area (Å²) in [7, 11) is 3.00. The molecule has 214 valence electrons. The van der Waals surface area contributed by atoms with Gasteiger partial charge >= 0.3 is 6.18 Å². The second-order valence-corrected chi connectivity index (χ2v) is 9.94. The number of rotatable bonds is 10. The van der Waals surface area contributed by atoms with Gasteiger partial charge in [0.2, 0.25) is 5.60 Å². The number of methoxy groups -OCH3 is 1. The molecule has 3 N–H and O–H groups in total. The molecule has 1 fully saturated rings. The molecule has 1 saturated carbocycles. The molecule has 1 aliphatic carbocycles. The number of nitrogens with one attached hydrogen (secondary N) is 2. The molecule has 1 aromatic heterocycles. The Morgan fingerprint density at radius 1 is 1.15 bits per heavy atom. The molecule has 3 aromatic rings. The highest BCUT2D eigenvalue weighted by Gasteiger charge is 2.56. The summed E-state index contributed by atoms with van der Waals surface area (Å²) < 4.78 is 68.1. The highest BCUT2D eigenvalue weighted by Crippen LogP contribution is 2.40. The van der Waals surface area contributed by atoms with Gasteiger partial charge in [-0.3, -0.25) is 4.79 Å². The van der Waals surface area contributed by atoms with Crippen LogP contribution in [0.1, 0.15) is 47.4 Å². The van der Waals surface area contributed by atoms with E-state index in [0.29, 0.717) is 11.3 Å². The maximum atomic E-state index is 14.4. The predicted octanol–water partition coefficient (Wildman–Crippen LogP) is 5.55. The highest BCUT2D eigenvalue weighted by molar-refractivity contribution is 6.31. The van der Waals surface area contributed by atoms with Crippen LogP contribution in [0.5, 0.6) is 11.5 Å². The minimum Gasteiger partial charge on any atom is -0.493 e. The van der Waals surface area contributed by atoms with Gasteiger partial charge in [0, 0.05) is 17.2 Å². The Hall–Kier alpha value is -3.41. The number of pyridine rings is 1. The molecule has 2 unspecified atom stereocenters. The van der Waals surface area contributed by atoms with E-state index in [2.05, 4.69) is 15.6 Å². The Morgan fingerprint density at radius 3 is 2.48 bits per heavy atom. The Labute approximate surface area is 233 Å². The van der Waals surface area contributed by atoms with E-state index in [1.54, 1.807) is 14.0 Å². The molecule has 7 nitrogen and oxygen atoms in total. The molecule has 0 aliphatic heterocycles. The first-order valence-electron chi connectivity index (χ1n) is 12.4. The monoisotopic (exact) mass is 581 g/mol. The molecule has 2 atom stereocenters. The van der Waals surface area contributed by atoms with Crippen LogP contribution in [0.4, 0.5) is 17.6 Å². The summed E-state index contributed by atoms with van der Waals surface area (Å²) in [6, 6.07) is 10.1. The number of aromatic nitrogens is 1. The summed E-state index contributed by atoms with van der Waals surface area (Å²) in [6.45, 7) is 0.477. The number of hydrogen-bond donors (Lipinski definition) is 3. The van der Waals surface area contributed by atoms with E-state index < -0.39 is 41.8 Å². The number of carbonyl (C=O) groups excluding carboxylic acids is 1. The fourth-order valence-electron chi connectivity index (χ4n) is 3.90. The Morgan fingerprint density at radius 2 is 1.88 bits per heavy atom. The normalized spacial score (nSPS) is 15.7. The molecule has 0 spiro atoms. The van der Waals surface area contributed by atoms with Gasteiger partial charge in [-0.25, -0.2) is 9.37 Å². The molecule has 0 bridgehead atoms. The average Bonchev–Trinajstić information content (AvgIpc) is 3.75. The average molecular weight is 582 g/mol. The Balaban J connectivity index is 1.68. The minimum absolute atomic E-state index is 0.0108. The van der Waals surface area contributed by atoms with E-state index in [9.17, 15) is 27.5 Å². The number of hydrogen-bond acceptors (Lipinski definition) is 6. The van der Waals surface area contributed by atoms with Gasteiger partial charge in [0.1, 0.15) is 5.82 Å². The zero-order valence-electron chi connectivity index (χ0n) is 21.9. The summed E-state index contributed by atoms with van der Waals surface area (Å²) >= 11 is 5.89. The van der Waals surface area contributed by atoms with Gasteiger partial charge in [-0.05, 0) is 80.9 Å². The first-order valence-corrected chi connectivity index (χ1v) is 12.8. The number of ether oxygens (including phenoxy) is 2. The van der Waals surface area contributed by atoms with Gasteiger partial charge in [0.25, 0.3) is 5.91 Å². The van der Waals surface area contributed by atoms with E-state index in [0.717, 1.165) is 25.0 Å². The van der Waals surface area contributed by atoms with Crippen LogP contribution in [-0.2, 0) is 5.60 Å². The highest BCUT2D eigenvalue weighted by atomic mass is 35.5. The Kier molecular flexibility index (Phi) is 8.57. The lowest BCUT2D eigenvalue weighted by atomic mass is 9.93. The van der Waals surface area contributed by atoms with Crippen LogP contribution in [0.15, 0.2) is 48.5 Å². The number of nitrogens with zero attached hydrogens (tertiary/aromatic N) is 1. The quantitative estimate of drug-likeness (QED) is 0.272. The molecule has 1 aliphatic rings. The fourth-order valence-corrected chi connectivity index (χ4v) is 4.08. The largest absolute Gasteiger partial charge is 0.493 e. The van der Waals surface area contributed by atoms with Crippen molar-refractivity contribution < 1.29 is 36.9 Å². The van der Waals surface area contributed by atoms with E-state index in [-0.39, 0.29) is 33.7 Å². The lowest BCUT2D eigenvalue weighted by Crippen LogP contribution is -2.51. The van der Waals surface area contributed by atoms with E-state index in [4.69, 9.17) is 21.1 Å². The van der Waals surface area contributed by atoms with Gasteiger partial charge in [-0.1, -0.05) is 11.6 Å². The number of carbonyl (C=O) groups is 1. The summed E-state index contributed by atoms with van der Waals surface area (Å²) in [5.41, 5.74) is -3.66. The molecule has 4 rings (SSSR count). The molecule has 1 amide bonds. The van der Waals surface area contributed by atoms with Gasteiger partial charge in [-0.2, -0.15) is 13.2 Å². The third kappa shape index (κ3) is 6.32. The maximum Gasteiger partial charge on any atom is 0.424 e. The van der Waals surface area contributed by atoms with Crippen molar-refractivity contribution >= 4 is 17.5 Å². The standard InChI is InChI=1S/C28H28ClF4N3O4/c1-15(34-2)18-11-22(16-4-8-21(30)20(29)10-16)36-25(13-18)27(38,28(31,32)33)14-35-26(37)17-5-9-23(24(12-17)39-3)40-19-6-7-19/h4-5,8-13,15,19,34,38H,6-7,14H2,1-3H3,(H,35,37). The van der Waals surface area contributed by atoms with Crippen molar-refractivity contribution in [3.8, 4) is 22.8 Å². The molecule has 40 heavy (non-hydrogen) atoms. The van der Waals surface area contributed by atoms with Crippen molar-refractivity contribution in [2.24, 2.45) is 0 Å². The zero-order chi connectivity index (χ0) is 29.2. The van der Waals surface area contributed by atoms with Crippen LogP contribution in [0, 0.1) is 5.82 Å². The number of benzene rings is 2. The molecule has 12 heteroatoms. The summed E-state index contributed by atoms with van der Waals surface area (Å²) in [5, 5.41) is 15.9. The van der Waals surface area contributed by atoms with Crippen molar-refractivity contribution in [3.05, 3.63) is 76.2 Å². The van der Waals surface area contributed by atoms with Crippen LogP contribution >= 0.6 is 11.6 Å². The summed E-state index contributed by atoms with van der Waals surface area (Å²) in [4.78, 5) is 17.0. The number of halogens is 5. The maximum absolute atomic E-state index is 14.4. The zero-order valence-corrected chi connectivity index (χ0v) is 22.7. The Bertz CT molecular complexity index is 1400. The van der Waals surface area contributed by atoms with Crippen molar-refractivity contribution in [1.82, 2.24) is 15.6 Å². The third-order valence-electron chi connectivity index (χ3n) is 6.64. The fraction of sp³-hybridized carbons (Fsp3) is 0.357. The van der Waals surface area contributed by atoms with Crippen LogP contribution in [0.2, 0.25) is 5.02 Å². The van der Waals surface area contributed by atoms with Crippen LogP contribution in [-0.4, -0.2) is 49.0 Å². The van der Waals surface area contributed by atoms with Crippen molar-refractivity contribution in [2.45, 2.75) is 43.7 Å². The third-order valence-corrected chi connectivity index (χ3v) is 6.93. The molecule has 1 heterocycles. The molecule has 0 saturated heterocycles. The van der Waals surface area contributed by atoms with Crippen LogP contribution in [0.25, 0.3) is 11.3 Å². The lowest BCUT2D eigenvalue weighted by Gasteiger charge is -2.31. The molecule has 0 radical (unpaired) electrons.